The van der Waals surface area contributed by atoms with E-state index in [2.05, 4.69) is 90.2 Å². The topological polar surface area (TPSA) is 12.0 Å². The van der Waals surface area contributed by atoms with E-state index in [1.54, 1.807) is 0 Å². The molecule has 114 valence electrons. The van der Waals surface area contributed by atoms with Crippen LogP contribution in [0.15, 0.2) is 84.9 Å². The second kappa shape index (κ2) is 6.39. The van der Waals surface area contributed by atoms with Gasteiger partial charge in [-0.05, 0) is 28.7 Å². The zero-order chi connectivity index (χ0) is 15.5. The molecule has 3 aromatic rings. The third kappa shape index (κ3) is 3.35. The molecule has 0 saturated heterocycles. The molecule has 0 aromatic heterocycles. The molecule has 0 unspecified atom stereocenters. The van der Waals surface area contributed by atoms with Gasteiger partial charge in [-0.15, -0.1) is 0 Å². The largest absolute Gasteiger partial charge is 0.309 e. The Bertz CT molecular complexity index is 747. The lowest BCUT2D eigenvalue weighted by Crippen LogP contribution is -2.17. The highest BCUT2D eigenvalue weighted by atomic mass is 15.0. The molecule has 1 aliphatic carbocycles. The first-order chi connectivity index (χ1) is 11.4. The zero-order valence-corrected chi connectivity index (χ0v) is 13.2. The summed E-state index contributed by atoms with van der Waals surface area (Å²) in [5.74, 6) is 0.694. The van der Waals surface area contributed by atoms with Gasteiger partial charge in [0.15, 0.2) is 0 Å². The van der Waals surface area contributed by atoms with Crippen molar-refractivity contribution < 1.29 is 0 Å². The molecule has 1 aliphatic rings. The first-order valence-corrected chi connectivity index (χ1v) is 8.33. The van der Waals surface area contributed by atoms with E-state index in [0.717, 1.165) is 6.54 Å². The lowest BCUT2D eigenvalue weighted by atomic mass is 10.0. The molecule has 0 radical (unpaired) electrons. The molecule has 1 nitrogen and oxygen atoms in total. The second-order valence-electron chi connectivity index (χ2n) is 6.30. The van der Waals surface area contributed by atoms with Gasteiger partial charge in [0.1, 0.15) is 0 Å². The summed E-state index contributed by atoms with van der Waals surface area (Å²) in [4.78, 5) is 0. The Kier molecular flexibility index (Phi) is 3.95. The van der Waals surface area contributed by atoms with Gasteiger partial charge in [-0.3, -0.25) is 0 Å². The quantitative estimate of drug-likeness (QED) is 0.699. The van der Waals surface area contributed by atoms with Gasteiger partial charge in [-0.1, -0.05) is 84.9 Å². The normalized spacial score (nSPS) is 19.5. The molecule has 0 heterocycles. The van der Waals surface area contributed by atoms with E-state index >= 15 is 0 Å². The summed E-state index contributed by atoms with van der Waals surface area (Å²) >= 11 is 0. The van der Waals surface area contributed by atoms with Gasteiger partial charge in [-0.25, -0.2) is 0 Å². The van der Waals surface area contributed by atoms with Gasteiger partial charge in [0, 0.05) is 18.5 Å². The van der Waals surface area contributed by atoms with E-state index in [9.17, 15) is 0 Å². The third-order valence-corrected chi connectivity index (χ3v) is 4.65. The number of nitrogens with one attached hydrogen (secondary N) is 1. The number of hydrogen-bond acceptors (Lipinski definition) is 1. The fourth-order valence-electron chi connectivity index (χ4n) is 3.18. The van der Waals surface area contributed by atoms with Crippen molar-refractivity contribution >= 4 is 0 Å². The smallest absolute Gasteiger partial charge is 0.0208 e. The van der Waals surface area contributed by atoms with Crippen LogP contribution in [0, 0.1) is 0 Å². The van der Waals surface area contributed by atoms with Crippen molar-refractivity contribution in [1.82, 2.24) is 5.32 Å². The lowest BCUT2D eigenvalue weighted by Gasteiger charge is -2.07. The Labute approximate surface area is 138 Å². The lowest BCUT2D eigenvalue weighted by molar-refractivity contribution is 0.673. The molecule has 1 N–H and O–H groups in total. The molecule has 0 amide bonds. The molecule has 0 spiro atoms. The van der Waals surface area contributed by atoms with Crippen LogP contribution in [0.5, 0.6) is 0 Å². The number of benzene rings is 3. The zero-order valence-electron chi connectivity index (χ0n) is 13.2. The van der Waals surface area contributed by atoms with Crippen molar-refractivity contribution in [3.8, 4) is 11.1 Å². The Morgan fingerprint density at radius 1 is 0.696 bits per heavy atom. The highest BCUT2D eigenvalue weighted by molar-refractivity contribution is 5.63. The maximum atomic E-state index is 3.68. The fourth-order valence-corrected chi connectivity index (χ4v) is 3.18. The maximum Gasteiger partial charge on any atom is 0.0208 e. The standard InChI is InChI=1S/C22H21N/c1-3-7-18(8-4-1)19-13-11-17(12-14-19)16-23-22-15-21(22)20-9-5-2-6-10-20/h1-14,21-23H,15-16H2/t21-,22+/m1/s1. The maximum absolute atomic E-state index is 3.68. The minimum absolute atomic E-state index is 0.631. The molecule has 4 rings (SSSR count). The van der Waals surface area contributed by atoms with Gasteiger partial charge < -0.3 is 5.32 Å². The van der Waals surface area contributed by atoms with Crippen molar-refractivity contribution in [1.29, 1.82) is 0 Å². The molecule has 23 heavy (non-hydrogen) atoms. The molecule has 1 fully saturated rings. The first-order valence-electron chi connectivity index (χ1n) is 8.33. The third-order valence-electron chi connectivity index (χ3n) is 4.65. The van der Waals surface area contributed by atoms with Crippen LogP contribution in [0.25, 0.3) is 11.1 Å². The van der Waals surface area contributed by atoms with Gasteiger partial charge in [-0.2, -0.15) is 0 Å². The average molecular weight is 299 g/mol. The van der Waals surface area contributed by atoms with Gasteiger partial charge in [0.2, 0.25) is 0 Å². The van der Waals surface area contributed by atoms with Crippen LogP contribution < -0.4 is 5.32 Å². The first kappa shape index (κ1) is 14.2. The van der Waals surface area contributed by atoms with Crippen LogP contribution in [-0.2, 0) is 6.54 Å². The van der Waals surface area contributed by atoms with E-state index in [0.29, 0.717) is 12.0 Å². The van der Waals surface area contributed by atoms with Gasteiger partial charge in [0.05, 0.1) is 0 Å². The molecule has 3 aromatic carbocycles. The van der Waals surface area contributed by atoms with Gasteiger partial charge in [0.25, 0.3) is 0 Å². The van der Waals surface area contributed by atoms with E-state index in [-0.39, 0.29) is 0 Å². The Hall–Kier alpha value is -2.38. The minimum Gasteiger partial charge on any atom is -0.309 e. The van der Waals surface area contributed by atoms with E-state index in [4.69, 9.17) is 0 Å². The predicted molar refractivity (Wildman–Crippen MR) is 96.3 cm³/mol. The summed E-state index contributed by atoms with van der Waals surface area (Å²) in [6, 6.07) is 30.9. The van der Waals surface area contributed by atoms with Crippen LogP contribution in [0.4, 0.5) is 0 Å². The SMILES string of the molecule is c1ccc(-c2ccc(CN[C@H]3C[C@@H]3c3ccccc3)cc2)cc1. The minimum atomic E-state index is 0.631. The Morgan fingerprint density at radius 3 is 2.00 bits per heavy atom. The van der Waals surface area contributed by atoms with Crippen LogP contribution in [-0.4, -0.2) is 6.04 Å². The van der Waals surface area contributed by atoms with E-state index in [1.165, 1.54) is 28.7 Å². The second-order valence-corrected chi connectivity index (χ2v) is 6.30. The fraction of sp³-hybridized carbons (Fsp3) is 0.182. The monoisotopic (exact) mass is 299 g/mol. The molecule has 2 atom stereocenters. The summed E-state index contributed by atoms with van der Waals surface area (Å²) in [5, 5.41) is 3.68. The van der Waals surface area contributed by atoms with Crippen molar-refractivity contribution in [2.24, 2.45) is 0 Å². The average Bonchev–Trinajstić information content (AvgIpc) is 3.42. The summed E-state index contributed by atoms with van der Waals surface area (Å²) in [6.07, 6.45) is 1.26. The Morgan fingerprint density at radius 2 is 1.30 bits per heavy atom. The van der Waals surface area contributed by atoms with E-state index < -0.39 is 0 Å². The summed E-state index contributed by atoms with van der Waals surface area (Å²) < 4.78 is 0. The molecular weight excluding hydrogens is 278 g/mol. The van der Waals surface area contributed by atoms with Crippen LogP contribution in [0.2, 0.25) is 0 Å². The Balaban J connectivity index is 1.34. The predicted octanol–water partition coefficient (Wildman–Crippen LogP) is 5.00. The highest BCUT2D eigenvalue weighted by Crippen LogP contribution is 2.40. The summed E-state index contributed by atoms with van der Waals surface area (Å²) in [6.45, 7) is 0.947. The van der Waals surface area contributed by atoms with Crippen LogP contribution in [0.3, 0.4) is 0 Å². The van der Waals surface area contributed by atoms with Crippen LogP contribution in [0.1, 0.15) is 23.5 Å². The van der Waals surface area contributed by atoms with Crippen LogP contribution >= 0.6 is 0 Å². The molecule has 0 bridgehead atoms. The molecule has 1 saturated carbocycles. The van der Waals surface area contributed by atoms with Crippen molar-refractivity contribution in [2.75, 3.05) is 0 Å². The summed E-state index contributed by atoms with van der Waals surface area (Å²) in [7, 11) is 0. The summed E-state index contributed by atoms with van der Waals surface area (Å²) in [5.41, 5.74) is 5.37. The van der Waals surface area contributed by atoms with E-state index in [1.807, 2.05) is 0 Å². The number of rotatable bonds is 5. The molecule has 1 heteroatoms. The van der Waals surface area contributed by atoms with Crippen molar-refractivity contribution in [2.45, 2.75) is 24.9 Å². The van der Waals surface area contributed by atoms with Crippen molar-refractivity contribution in [3.63, 3.8) is 0 Å². The molecular formula is C22H21N. The van der Waals surface area contributed by atoms with Crippen molar-refractivity contribution in [3.05, 3.63) is 96.1 Å². The highest BCUT2D eigenvalue weighted by Gasteiger charge is 2.37. The molecule has 0 aliphatic heterocycles. The number of hydrogen-bond donors (Lipinski definition) is 1. The van der Waals surface area contributed by atoms with Gasteiger partial charge >= 0.3 is 0 Å².